The Morgan fingerprint density at radius 1 is 1.14 bits per heavy atom. The van der Waals surface area contributed by atoms with Crippen LogP contribution < -0.4 is 0 Å². The molecule has 1 amide bonds. The van der Waals surface area contributed by atoms with Gasteiger partial charge in [-0.25, -0.2) is 14.6 Å². The lowest BCUT2D eigenvalue weighted by atomic mass is 9.72. The van der Waals surface area contributed by atoms with Gasteiger partial charge in [0.25, 0.3) is 0 Å². The summed E-state index contributed by atoms with van der Waals surface area (Å²) in [5.41, 5.74) is 1.18. The zero-order chi connectivity index (χ0) is 25.7. The molecule has 0 saturated heterocycles. The molecule has 0 fully saturated rings. The highest BCUT2D eigenvalue weighted by atomic mass is 16.6. The van der Waals surface area contributed by atoms with Crippen molar-refractivity contribution in [1.82, 2.24) is 14.5 Å². The van der Waals surface area contributed by atoms with Crippen molar-refractivity contribution in [3.63, 3.8) is 0 Å². The molecule has 3 aromatic rings. The molecule has 1 aliphatic heterocycles. The molecule has 188 valence electrons. The summed E-state index contributed by atoms with van der Waals surface area (Å²) in [6.07, 6.45) is 0.868. The van der Waals surface area contributed by atoms with Gasteiger partial charge in [0.2, 0.25) is 6.54 Å². The third kappa shape index (κ3) is 4.66. The Morgan fingerprint density at radius 3 is 2.42 bits per heavy atom. The van der Waals surface area contributed by atoms with E-state index in [9.17, 15) is 19.7 Å². The molecule has 1 unspecified atom stereocenters. The number of hydrogen-bond acceptors (Lipinski definition) is 7. The maximum absolute atomic E-state index is 13.6. The van der Waals surface area contributed by atoms with Gasteiger partial charge in [0.1, 0.15) is 0 Å². The Labute approximate surface area is 208 Å². The molecular weight excluding hydrogens is 464 g/mol. The molecule has 0 bridgehead atoms. The van der Waals surface area contributed by atoms with E-state index in [-0.39, 0.29) is 19.6 Å². The predicted molar refractivity (Wildman–Crippen MR) is 130 cm³/mol. The quantitative estimate of drug-likeness (QED) is 0.269. The van der Waals surface area contributed by atoms with E-state index in [4.69, 9.17) is 9.47 Å². The Balaban J connectivity index is 1.87. The third-order valence-corrected chi connectivity index (χ3v) is 6.59. The summed E-state index contributed by atoms with van der Waals surface area (Å²) in [7, 11) is 1.21. The molecule has 10 heteroatoms. The van der Waals surface area contributed by atoms with Gasteiger partial charge in [-0.05, 0) is 18.1 Å². The highest BCUT2D eigenvalue weighted by Crippen LogP contribution is 2.43. The number of benzene rings is 2. The Morgan fingerprint density at radius 2 is 1.81 bits per heavy atom. The van der Waals surface area contributed by atoms with Gasteiger partial charge in [-0.15, -0.1) is 0 Å². The lowest BCUT2D eigenvalue weighted by Gasteiger charge is -2.46. The van der Waals surface area contributed by atoms with Crippen LogP contribution in [0.3, 0.4) is 0 Å². The molecule has 2 atom stereocenters. The van der Waals surface area contributed by atoms with Crippen molar-refractivity contribution in [2.45, 2.75) is 37.9 Å². The van der Waals surface area contributed by atoms with Gasteiger partial charge < -0.3 is 14.0 Å². The number of rotatable bonds is 8. The minimum atomic E-state index is -1.73. The molecule has 4 rings (SSSR count). The van der Waals surface area contributed by atoms with Crippen LogP contribution >= 0.6 is 0 Å². The number of hydrogen-bond donors (Lipinski definition) is 0. The Bertz CT molecular complexity index is 1230. The number of aromatic nitrogens is 2. The SMILES string of the molecule is CCOC(=O)N1Cc2c(ncn2Cc2ccccc2)C[C@]1(C(=O)OC)C(C[N+](=O)[O-])c1ccccc1. The highest BCUT2D eigenvalue weighted by Gasteiger charge is 2.59. The fourth-order valence-corrected chi connectivity index (χ4v) is 4.95. The lowest BCUT2D eigenvalue weighted by molar-refractivity contribution is -0.485. The standard InChI is InChI=1S/C26H28N4O6/c1-3-36-25(32)29-17-23-22(27-18-28(23)15-19-10-6-4-7-11-19)14-26(29,24(31)35-2)21(16-30(33)34)20-12-8-5-9-13-20/h4-13,18,21H,3,14-17H2,1-2H3/t21?,26-/m1/s1. The Hall–Kier alpha value is -4.21. The van der Waals surface area contributed by atoms with Crippen LogP contribution in [0.1, 0.15) is 35.4 Å². The lowest BCUT2D eigenvalue weighted by Crippen LogP contribution is -2.65. The van der Waals surface area contributed by atoms with E-state index in [1.54, 1.807) is 43.6 Å². The number of carbonyl (C=O) groups excluding carboxylic acids is 2. The maximum atomic E-state index is 13.6. The van der Waals surface area contributed by atoms with Crippen LogP contribution in [-0.2, 0) is 33.8 Å². The average Bonchev–Trinajstić information content (AvgIpc) is 3.28. The monoisotopic (exact) mass is 492 g/mol. The first kappa shape index (κ1) is 24.9. The van der Waals surface area contributed by atoms with E-state index < -0.39 is 35.0 Å². The predicted octanol–water partition coefficient (Wildman–Crippen LogP) is 3.42. The van der Waals surface area contributed by atoms with Crippen LogP contribution in [0, 0.1) is 10.1 Å². The van der Waals surface area contributed by atoms with Crippen molar-refractivity contribution in [2.75, 3.05) is 20.3 Å². The molecule has 0 saturated carbocycles. The zero-order valence-corrected chi connectivity index (χ0v) is 20.2. The number of imidazole rings is 1. The van der Waals surface area contributed by atoms with Crippen LogP contribution in [0.25, 0.3) is 0 Å². The van der Waals surface area contributed by atoms with Gasteiger partial charge in [0.15, 0.2) is 5.54 Å². The van der Waals surface area contributed by atoms with Gasteiger partial charge in [0, 0.05) is 17.9 Å². The summed E-state index contributed by atoms with van der Waals surface area (Å²) in [4.78, 5) is 44.1. The summed E-state index contributed by atoms with van der Waals surface area (Å²) in [6, 6.07) is 18.5. The number of fused-ring (bicyclic) bond motifs is 1. The second-order valence-corrected chi connectivity index (χ2v) is 8.61. The number of nitro groups is 1. The van der Waals surface area contributed by atoms with Gasteiger partial charge in [-0.2, -0.15) is 0 Å². The molecule has 1 aromatic heterocycles. The van der Waals surface area contributed by atoms with Crippen LogP contribution in [0.2, 0.25) is 0 Å². The number of nitrogens with zero attached hydrogens (tertiary/aromatic N) is 4. The molecule has 10 nitrogen and oxygen atoms in total. The summed E-state index contributed by atoms with van der Waals surface area (Å²) in [6.45, 7) is 1.65. The van der Waals surface area contributed by atoms with E-state index in [1.165, 1.54) is 12.0 Å². The van der Waals surface area contributed by atoms with E-state index in [2.05, 4.69) is 4.98 Å². The van der Waals surface area contributed by atoms with E-state index >= 15 is 0 Å². The molecule has 2 heterocycles. The van der Waals surface area contributed by atoms with Crippen molar-refractivity contribution in [3.8, 4) is 0 Å². The third-order valence-electron chi connectivity index (χ3n) is 6.59. The second-order valence-electron chi connectivity index (χ2n) is 8.61. The number of amides is 1. The van der Waals surface area contributed by atoms with Crippen molar-refractivity contribution in [1.29, 1.82) is 0 Å². The minimum Gasteiger partial charge on any atom is -0.467 e. The molecular formula is C26H28N4O6. The second kappa shape index (κ2) is 10.6. The molecule has 0 aliphatic carbocycles. The first-order valence-electron chi connectivity index (χ1n) is 11.7. The van der Waals surface area contributed by atoms with Crippen molar-refractivity contribution < 1.29 is 24.0 Å². The van der Waals surface area contributed by atoms with Crippen molar-refractivity contribution in [3.05, 3.63) is 99.6 Å². The topological polar surface area (TPSA) is 117 Å². The molecule has 0 N–H and O–H groups in total. The Kier molecular flexibility index (Phi) is 7.33. The maximum Gasteiger partial charge on any atom is 0.411 e. The van der Waals surface area contributed by atoms with Gasteiger partial charge in [-0.3, -0.25) is 15.0 Å². The first-order valence-corrected chi connectivity index (χ1v) is 11.7. The average molecular weight is 493 g/mol. The summed E-state index contributed by atoms with van der Waals surface area (Å²) in [5, 5.41) is 11.8. The van der Waals surface area contributed by atoms with Gasteiger partial charge in [-0.1, -0.05) is 60.7 Å². The van der Waals surface area contributed by atoms with Crippen LogP contribution in [0.15, 0.2) is 67.0 Å². The number of ether oxygens (including phenoxy) is 2. The smallest absolute Gasteiger partial charge is 0.411 e. The highest BCUT2D eigenvalue weighted by molar-refractivity contribution is 5.88. The fraction of sp³-hybridized carbons (Fsp3) is 0.346. The molecule has 36 heavy (non-hydrogen) atoms. The fourth-order valence-electron chi connectivity index (χ4n) is 4.95. The van der Waals surface area contributed by atoms with Gasteiger partial charge in [0.05, 0.1) is 43.9 Å². The van der Waals surface area contributed by atoms with E-state index in [0.717, 1.165) is 11.3 Å². The number of carbonyl (C=O) groups is 2. The van der Waals surface area contributed by atoms with Crippen LogP contribution in [-0.4, -0.2) is 57.2 Å². The normalized spacial score (nSPS) is 17.7. The van der Waals surface area contributed by atoms with Gasteiger partial charge >= 0.3 is 12.1 Å². The summed E-state index contributed by atoms with van der Waals surface area (Å²) >= 11 is 0. The molecule has 0 spiro atoms. The number of methoxy groups -OCH3 is 1. The van der Waals surface area contributed by atoms with Crippen LogP contribution in [0.5, 0.6) is 0 Å². The largest absolute Gasteiger partial charge is 0.467 e. The van der Waals surface area contributed by atoms with Crippen LogP contribution in [0.4, 0.5) is 4.79 Å². The molecule has 1 aliphatic rings. The summed E-state index contributed by atoms with van der Waals surface area (Å²) < 4.78 is 12.5. The van der Waals surface area contributed by atoms with Crippen molar-refractivity contribution in [2.24, 2.45) is 0 Å². The zero-order valence-electron chi connectivity index (χ0n) is 20.2. The summed E-state index contributed by atoms with van der Waals surface area (Å²) in [5.74, 6) is -1.76. The van der Waals surface area contributed by atoms with Crippen molar-refractivity contribution >= 4 is 12.1 Å². The molecule has 2 aromatic carbocycles. The van der Waals surface area contributed by atoms with E-state index in [0.29, 0.717) is 17.8 Å². The number of esters is 1. The van der Waals surface area contributed by atoms with E-state index in [1.807, 2.05) is 34.9 Å². The minimum absolute atomic E-state index is 0.0167. The first-order chi connectivity index (χ1) is 17.4. The molecule has 0 radical (unpaired) electrons.